The fourth-order valence-corrected chi connectivity index (χ4v) is 6.86. The van der Waals surface area contributed by atoms with Crippen LogP contribution in [-0.4, -0.2) is 4.57 Å². The first-order chi connectivity index (χ1) is 21.3. The highest BCUT2D eigenvalue weighted by Crippen LogP contribution is 2.15. The number of hydrogen-bond acceptors (Lipinski definition) is 0. The van der Waals surface area contributed by atoms with Crippen molar-refractivity contribution in [2.45, 2.75) is 246 Å². The largest absolute Gasteiger partial charge is 0.256 e. The summed E-state index contributed by atoms with van der Waals surface area (Å²) in [5.41, 5.74) is 0. The minimum atomic E-state index is 1.23. The summed E-state index contributed by atoms with van der Waals surface area (Å²) in [7, 11) is 0. The average molecular weight is 602 g/mol. The van der Waals surface area contributed by atoms with Crippen LogP contribution in [0.5, 0.6) is 0 Å². The number of rotatable bonds is 35. The Balaban J connectivity index is 2.25. The van der Waals surface area contributed by atoms with E-state index in [9.17, 15) is 0 Å². The molecule has 0 bridgehead atoms. The predicted octanol–water partition coefficient (Wildman–Crippen LogP) is 13.9. The molecule has 1 rings (SSSR count). The maximum atomic E-state index is 2.64. The van der Waals surface area contributed by atoms with Crippen molar-refractivity contribution >= 4 is 0 Å². The minimum Gasteiger partial charge on any atom is -0.234 e. The molecular weight excluding hydrogens is 520 g/mol. The molecule has 0 N–H and O–H groups in total. The van der Waals surface area contributed by atoms with Gasteiger partial charge in [0.25, 0.3) is 5.82 Å². The van der Waals surface area contributed by atoms with Crippen LogP contribution in [0, 0.1) is 0 Å². The predicted molar refractivity (Wildman–Crippen MR) is 193 cm³/mol. The van der Waals surface area contributed by atoms with Crippen LogP contribution >= 0.6 is 0 Å². The summed E-state index contributed by atoms with van der Waals surface area (Å²) >= 11 is 0. The van der Waals surface area contributed by atoms with E-state index in [0.717, 1.165) is 0 Å². The SMILES string of the molecule is CCCCCCCCCCCCCCCCn1cc[n+](CCCCCCCCCCCCC)c1CCCCCCCCC. The van der Waals surface area contributed by atoms with E-state index >= 15 is 0 Å². The van der Waals surface area contributed by atoms with Gasteiger partial charge in [-0.05, 0) is 32.1 Å². The van der Waals surface area contributed by atoms with Crippen LogP contribution < -0.4 is 4.57 Å². The lowest BCUT2D eigenvalue weighted by molar-refractivity contribution is -0.704. The van der Waals surface area contributed by atoms with Crippen molar-refractivity contribution in [3.05, 3.63) is 18.2 Å². The third-order valence-electron chi connectivity index (χ3n) is 9.85. The van der Waals surface area contributed by atoms with E-state index in [1.54, 1.807) is 5.82 Å². The zero-order valence-corrected chi connectivity index (χ0v) is 30.3. The molecule has 0 amide bonds. The highest BCUT2D eigenvalue weighted by Gasteiger charge is 2.16. The van der Waals surface area contributed by atoms with Gasteiger partial charge in [0.05, 0.1) is 13.1 Å². The molecule has 0 saturated heterocycles. The van der Waals surface area contributed by atoms with E-state index < -0.39 is 0 Å². The number of unbranched alkanes of at least 4 members (excludes halogenated alkanes) is 29. The van der Waals surface area contributed by atoms with Crippen LogP contribution in [0.1, 0.15) is 232 Å². The molecule has 43 heavy (non-hydrogen) atoms. The summed E-state index contributed by atoms with van der Waals surface area (Å²) in [4.78, 5) is 0. The van der Waals surface area contributed by atoms with E-state index in [0.29, 0.717) is 0 Å². The number of hydrogen-bond donors (Lipinski definition) is 0. The summed E-state index contributed by atoms with van der Waals surface area (Å²) < 4.78 is 5.27. The Morgan fingerprint density at radius 1 is 0.395 bits per heavy atom. The van der Waals surface area contributed by atoms with E-state index in [1.807, 2.05) is 0 Å². The van der Waals surface area contributed by atoms with Gasteiger partial charge in [-0.3, -0.25) is 0 Å². The summed E-state index contributed by atoms with van der Waals surface area (Å²) in [5.74, 6) is 1.62. The lowest BCUT2D eigenvalue weighted by atomic mass is 10.0. The molecule has 0 fully saturated rings. The molecule has 254 valence electrons. The van der Waals surface area contributed by atoms with Crippen molar-refractivity contribution in [2.24, 2.45) is 0 Å². The van der Waals surface area contributed by atoms with Gasteiger partial charge in [-0.15, -0.1) is 0 Å². The van der Waals surface area contributed by atoms with E-state index in [1.165, 1.54) is 225 Å². The second kappa shape index (κ2) is 32.6. The Bertz CT molecular complexity index is 663. The van der Waals surface area contributed by atoms with Gasteiger partial charge >= 0.3 is 0 Å². The Kier molecular flexibility index (Phi) is 30.5. The first-order valence-corrected chi connectivity index (χ1v) is 20.4. The molecule has 0 aliphatic rings. The fourth-order valence-electron chi connectivity index (χ4n) is 6.86. The quantitative estimate of drug-likeness (QED) is 0.0540. The molecule has 1 aromatic rings. The number of nitrogens with zero attached hydrogens (tertiary/aromatic N) is 2. The van der Waals surface area contributed by atoms with Crippen molar-refractivity contribution in [2.75, 3.05) is 0 Å². The van der Waals surface area contributed by atoms with E-state index in [2.05, 4.69) is 42.3 Å². The molecule has 2 nitrogen and oxygen atoms in total. The lowest BCUT2D eigenvalue weighted by Crippen LogP contribution is -2.37. The molecule has 1 aromatic heterocycles. The van der Waals surface area contributed by atoms with Gasteiger partial charge in [0.2, 0.25) is 0 Å². The third kappa shape index (κ3) is 25.1. The van der Waals surface area contributed by atoms with Crippen molar-refractivity contribution in [3.63, 3.8) is 0 Å². The molecule has 0 aromatic carbocycles. The molecule has 0 aliphatic heterocycles. The van der Waals surface area contributed by atoms with Crippen LogP contribution in [-0.2, 0) is 19.5 Å². The standard InChI is InChI=1S/C41H81N2/c1-4-7-10-13-16-18-20-21-22-24-26-29-32-35-38-43-40-39-42(41(43)36-33-30-27-15-12-9-6-3)37-34-31-28-25-23-19-17-14-11-8-5-2/h39-40H,4-38H2,1-3H3/q+1. The molecule has 0 aliphatic carbocycles. The fraction of sp³-hybridized carbons (Fsp3) is 0.927. The maximum absolute atomic E-state index is 2.64. The zero-order valence-electron chi connectivity index (χ0n) is 30.3. The van der Waals surface area contributed by atoms with Crippen LogP contribution in [0.3, 0.4) is 0 Å². The Labute approximate surface area is 272 Å². The van der Waals surface area contributed by atoms with Gasteiger partial charge in [0.15, 0.2) is 0 Å². The van der Waals surface area contributed by atoms with Crippen LogP contribution in [0.4, 0.5) is 0 Å². The van der Waals surface area contributed by atoms with Gasteiger partial charge in [-0.2, -0.15) is 0 Å². The number of aromatic nitrogens is 2. The highest BCUT2D eigenvalue weighted by atomic mass is 15.1. The molecule has 1 heterocycles. The molecule has 0 atom stereocenters. The summed E-state index contributed by atoms with van der Waals surface area (Å²) in [5, 5.41) is 0. The zero-order chi connectivity index (χ0) is 30.9. The summed E-state index contributed by atoms with van der Waals surface area (Å²) in [6.45, 7) is 9.41. The second-order valence-corrected chi connectivity index (χ2v) is 14.1. The number of imidazole rings is 1. The lowest BCUT2D eigenvalue weighted by Gasteiger charge is -2.07. The Morgan fingerprint density at radius 2 is 0.721 bits per heavy atom. The van der Waals surface area contributed by atoms with E-state index in [4.69, 9.17) is 0 Å². The number of aryl methyl sites for hydroxylation is 2. The van der Waals surface area contributed by atoms with Gasteiger partial charge in [-0.1, -0.05) is 194 Å². The molecular formula is C41H81N2+. The van der Waals surface area contributed by atoms with Gasteiger partial charge in [0.1, 0.15) is 12.4 Å². The van der Waals surface area contributed by atoms with Crippen molar-refractivity contribution < 1.29 is 4.57 Å². The summed E-state index contributed by atoms with van der Waals surface area (Å²) in [6.07, 6.45) is 51.9. The molecule has 0 radical (unpaired) electrons. The highest BCUT2D eigenvalue weighted by molar-refractivity contribution is 4.84. The summed E-state index contributed by atoms with van der Waals surface area (Å²) in [6, 6.07) is 0. The van der Waals surface area contributed by atoms with Crippen molar-refractivity contribution in [1.29, 1.82) is 0 Å². The average Bonchev–Trinajstić information content (AvgIpc) is 3.40. The third-order valence-corrected chi connectivity index (χ3v) is 9.85. The topological polar surface area (TPSA) is 8.81 Å². The molecule has 0 spiro atoms. The first kappa shape index (κ1) is 40.2. The second-order valence-electron chi connectivity index (χ2n) is 14.1. The maximum Gasteiger partial charge on any atom is 0.256 e. The first-order valence-electron chi connectivity index (χ1n) is 20.4. The molecule has 2 heteroatoms. The Hall–Kier alpha value is -0.790. The normalized spacial score (nSPS) is 11.6. The Morgan fingerprint density at radius 3 is 1.12 bits per heavy atom. The van der Waals surface area contributed by atoms with E-state index in [-0.39, 0.29) is 0 Å². The van der Waals surface area contributed by atoms with Gasteiger partial charge < -0.3 is 0 Å². The van der Waals surface area contributed by atoms with Gasteiger partial charge in [-0.25, -0.2) is 9.13 Å². The molecule has 0 saturated carbocycles. The molecule has 0 unspecified atom stereocenters. The van der Waals surface area contributed by atoms with Gasteiger partial charge in [0, 0.05) is 6.42 Å². The van der Waals surface area contributed by atoms with Crippen LogP contribution in [0.15, 0.2) is 12.4 Å². The minimum absolute atomic E-state index is 1.23. The van der Waals surface area contributed by atoms with Crippen LogP contribution in [0.2, 0.25) is 0 Å². The monoisotopic (exact) mass is 602 g/mol. The van der Waals surface area contributed by atoms with Crippen LogP contribution in [0.25, 0.3) is 0 Å². The van der Waals surface area contributed by atoms with Crippen molar-refractivity contribution in [3.8, 4) is 0 Å². The smallest absolute Gasteiger partial charge is 0.234 e. The van der Waals surface area contributed by atoms with Crippen molar-refractivity contribution in [1.82, 2.24) is 4.57 Å².